The zero-order chi connectivity index (χ0) is 21.6. The number of hydrogen-bond donors (Lipinski definition) is 0. The molecule has 30 heavy (non-hydrogen) atoms. The topological polar surface area (TPSA) is 63.9 Å². The Balaban J connectivity index is 1.74. The number of benzene rings is 1. The lowest BCUT2D eigenvalue weighted by Gasteiger charge is -2.38. The first-order valence-corrected chi connectivity index (χ1v) is 9.70. The molecule has 1 aliphatic rings. The Bertz CT molecular complexity index is 1190. The second kappa shape index (κ2) is 7.51. The highest BCUT2D eigenvalue weighted by Gasteiger charge is 2.37. The van der Waals surface area contributed by atoms with Gasteiger partial charge in [-0.2, -0.15) is 13.2 Å². The van der Waals surface area contributed by atoms with E-state index in [-0.39, 0.29) is 17.7 Å². The summed E-state index contributed by atoms with van der Waals surface area (Å²) in [5.41, 5.74) is -0.927. The highest BCUT2D eigenvalue weighted by molar-refractivity contribution is 9.10. The van der Waals surface area contributed by atoms with Crippen LogP contribution in [0.4, 0.5) is 13.2 Å². The van der Waals surface area contributed by atoms with Crippen LogP contribution in [-0.4, -0.2) is 46.5 Å². The smallest absolute Gasteiger partial charge is 0.378 e. The molecule has 0 unspecified atom stereocenters. The number of aromatic nitrogens is 2. The quantitative estimate of drug-likeness (QED) is 0.573. The fourth-order valence-electron chi connectivity index (χ4n) is 3.28. The zero-order valence-corrected chi connectivity index (χ0v) is 17.2. The molecule has 1 aromatic carbocycles. The molecule has 3 heterocycles. The van der Waals surface area contributed by atoms with E-state index in [4.69, 9.17) is 4.74 Å². The fourth-order valence-corrected chi connectivity index (χ4v) is 3.79. The summed E-state index contributed by atoms with van der Waals surface area (Å²) in [6.07, 6.45) is -3.39. The van der Waals surface area contributed by atoms with Crippen molar-refractivity contribution < 1.29 is 22.7 Å². The summed E-state index contributed by atoms with van der Waals surface area (Å²) in [6, 6.07) is 9.57. The van der Waals surface area contributed by atoms with Gasteiger partial charge in [0.25, 0.3) is 11.5 Å². The predicted molar refractivity (Wildman–Crippen MR) is 106 cm³/mol. The number of likely N-dealkylation sites (tertiary alicyclic amines) is 1. The second-order valence-corrected chi connectivity index (χ2v) is 7.63. The lowest BCUT2D eigenvalue weighted by Crippen LogP contribution is -2.54. The molecule has 6 nitrogen and oxygen atoms in total. The Labute approximate surface area is 177 Å². The summed E-state index contributed by atoms with van der Waals surface area (Å²) in [7, 11) is 1.59. The molecule has 0 aliphatic carbocycles. The SMILES string of the molecule is COC1CN(C(=O)c2ccc(-c3cccn4c(=O)c(Br)c(C(F)(F)F)nc34)cc2)C1. The minimum absolute atomic E-state index is 0.0374. The number of nitrogens with zero attached hydrogens (tertiary/aromatic N) is 3. The Kier molecular flexibility index (Phi) is 5.15. The van der Waals surface area contributed by atoms with E-state index >= 15 is 0 Å². The molecular formula is C20H15BrF3N3O3. The molecule has 2 aromatic heterocycles. The maximum atomic E-state index is 13.3. The van der Waals surface area contributed by atoms with E-state index in [0.29, 0.717) is 29.8 Å². The first kappa shape index (κ1) is 20.5. The Hall–Kier alpha value is -2.72. The monoisotopic (exact) mass is 481 g/mol. The molecular weight excluding hydrogens is 467 g/mol. The molecule has 3 aromatic rings. The molecule has 0 spiro atoms. The van der Waals surface area contributed by atoms with Gasteiger partial charge in [-0.3, -0.25) is 14.0 Å². The molecule has 1 saturated heterocycles. The van der Waals surface area contributed by atoms with Gasteiger partial charge in [-0.25, -0.2) is 4.98 Å². The van der Waals surface area contributed by atoms with Crippen LogP contribution in [0.5, 0.6) is 0 Å². The van der Waals surface area contributed by atoms with E-state index < -0.39 is 21.9 Å². The van der Waals surface area contributed by atoms with Gasteiger partial charge in [0.05, 0.1) is 6.10 Å². The molecule has 0 radical (unpaired) electrons. The summed E-state index contributed by atoms with van der Waals surface area (Å²) < 4.78 is 45.5. The third-order valence-corrected chi connectivity index (χ3v) is 5.69. The van der Waals surface area contributed by atoms with E-state index in [9.17, 15) is 22.8 Å². The van der Waals surface area contributed by atoms with Crippen LogP contribution in [0.1, 0.15) is 16.1 Å². The van der Waals surface area contributed by atoms with Gasteiger partial charge in [0, 0.05) is 37.5 Å². The first-order chi connectivity index (χ1) is 14.2. The number of hydrogen-bond acceptors (Lipinski definition) is 4. The number of methoxy groups -OCH3 is 1. The van der Waals surface area contributed by atoms with Crippen molar-refractivity contribution in [3.63, 3.8) is 0 Å². The number of carbonyl (C=O) groups is 1. The third kappa shape index (κ3) is 3.50. The molecule has 1 amide bonds. The number of rotatable bonds is 3. The number of ether oxygens (including phenoxy) is 1. The summed E-state index contributed by atoms with van der Waals surface area (Å²) in [6.45, 7) is 1.03. The first-order valence-electron chi connectivity index (χ1n) is 8.91. The summed E-state index contributed by atoms with van der Waals surface area (Å²) >= 11 is 2.71. The van der Waals surface area contributed by atoms with Crippen molar-refractivity contribution in [1.29, 1.82) is 0 Å². The van der Waals surface area contributed by atoms with Crippen LogP contribution < -0.4 is 5.56 Å². The lowest BCUT2D eigenvalue weighted by atomic mass is 10.0. The van der Waals surface area contributed by atoms with Gasteiger partial charge in [-0.15, -0.1) is 0 Å². The van der Waals surface area contributed by atoms with E-state index in [1.807, 2.05) is 0 Å². The van der Waals surface area contributed by atoms with Crippen LogP contribution in [0.25, 0.3) is 16.8 Å². The number of carbonyl (C=O) groups excluding carboxylic acids is 1. The van der Waals surface area contributed by atoms with Gasteiger partial charge in [-0.1, -0.05) is 12.1 Å². The minimum atomic E-state index is -4.78. The van der Waals surface area contributed by atoms with Crippen LogP contribution in [0, 0.1) is 0 Å². The van der Waals surface area contributed by atoms with Crippen LogP contribution in [0.2, 0.25) is 0 Å². The molecule has 1 fully saturated rings. The van der Waals surface area contributed by atoms with Crippen molar-refractivity contribution in [2.45, 2.75) is 12.3 Å². The number of alkyl halides is 3. The van der Waals surface area contributed by atoms with Crippen LogP contribution in [0.3, 0.4) is 0 Å². The predicted octanol–water partition coefficient (Wildman–Crippen LogP) is 3.61. The van der Waals surface area contributed by atoms with E-state index in [0.717, 1.165) is 4.40 Å². The van der Waals surface area contributed by atoms with E-state index in [1.54, 1.807) is 48.4 Å². The van der Waals surface area contributed by atoms with Crippen LogP contribution in [0.15, 0.2) is 51.9 Å². The van der Waals surface area contributed by atoms with Crippen molar-refractivity contribution in [2.24, 2.45) is 0 Å². The zero-order valence-electron chi connectivity index (χ0n) is 15.6. The van der Waals surface area contributed by atoms with Gasteiger partial charge in [0.2, 0.25) is 0 Å². The Morgan fingerprint density at radius 2 is 1.87 bits per heavy atom. The van der Waals surface area contributed by atoms with Crippen molar-refractivity contribution in [1.82, 2.24) is 14.3 Å². The van der Waals surface area contributed by atoms with Crippen LogP contribution in [-0.2, 0) is 10.9 Å². The maximum absolute atomic E-state index is 13.3. The van der Waals surface area contributed by atoms with Crippen molar-refractivity contribution >= 4 is 27.5 Å². The Morgan fingerprint density at radius 3 is 2.47 bits per heavy atom. The largest absolute Gasteiger partial charge is 0.434 e. The van der Waals surface area contributed by atoms with Gasteiger partial charge in [-0.05, 0) is 45.8 Å². The number of amides is 1. The Morgan fingerprint density at radius 1 is 1.20 bits per heavy atom. The van der Waals surface area contributed by atoms with Gasteiger partial charge >= 0.3 is 6.18 Å². The molecule has 0 N–H and O–H groups in total. The van der Waals surface area contributed by atoms with Crippen molar-refractivity contribution in [3.8, 4) is 11.1 Å². The summed E-state index contributed by atoms with van der Waals surface area (Å²) in [5, 5.41) is 0. The molecule has 0 bridgehead atoms. The summed E-state index contributed by atoms with van der Waals surface area (Å²) in [5.74, 6) is -0.148. The standard InChI is InChI=1S/C20H15BrF3N3O3/c1-30-13-9-26(10-13)18(28)12-6-4-11(5-7-12)14-3-2-8-27-17(14)25-16(20(22,23)24)15(21)19(27)29/h2-8,13H,9-10H2,1H3. The maximum Gasteiger partial charge on any atom is 0.434 e. The highest BCUT2D eigenvalue weighted by atomic mass is 79.9. The second-order valence-electron chi connectivity index (χ2n) is 6.84. The van der Waals surface area contributed by atoms with Gasteiger partial charge in [0.15, 0.2) is 5.69 Å². The molecule has 1 aliphatic heterocycles. The number of halogens is 4. The number of fused-ring (bicyclic) bond motifs is 1. The van der Waals surface area contributed by atoms with E-state index in [1.165, 1.54) is 6.20 Å². The highest BCUT2D eigenvalue weighted by Crippen LogP contribution is 2.33. The molecule has 4 rings (SSSR count). The molecule has 0 saturated carbocycles. The molecule has 0 atom stereocenters. The lowest BCUT2D eigenvalue weighted by molar-refractivity contribution is -0.141. The van der Waals surface area contributed by atoms with Gasteiger partial charge in [0.1, 0.15) is 10.1 Å². The fraction of sp³-hybridized carbons (Fsp3) is 0.250. The van der Waals surface area contributed by atoms with Crippen molar-refractivity contribution in [3.05, 3.63) is 68.7 Å². The van der Waals surface area contributed by atoms with Gasteiger partial charge < -0.3 is 9.64 Å². The normalized spacial score (nSPS) is 14.8. The minimum Gasteiger partial charge on any atom is -0.378 e. The van der Waals surface area contributed by atoms with Crippen molar-refractivity contribution in [2.75, 3.05) is 20.2 Å². The van der Waals surface area contributed by atoms with E-state index in [2.05, 4.69) is 20.9 Å². The van der Waals surface area contributed by atoms with Crippen LogP contribution >= 0.6 is 15.9 Å². The molecule has 10 heteroatoms. The third-order valence-electron chi connectivity index (χ3n) is 4.98. The summed E-state index contributed by atoms with van der Waals surface area (Å²) in [4.78, 5) is 30.2. The number of pyridine rings is 1. The molecule has 156 valence electrons. The average molecular weight is 482 g/mol. The average Bonchev–Trinajstić information content (AvgIpc) is 2.68.